The highest BCUT2D eigenvalue weighted by Gasteiger charge is 2.37. The summed E-state index contributed by atoms with van der Waals surface area (Å²) < 4.78 is 0. The molecule has 0 aliphatic carbocycles. The fourth-order valence-electron chi connectivity index (χ4n) is 2.45. The standard InChI is InChI=1S/C13H11ClN2O3S/c14-7-5-9(15-6-7)12(17)16-3-1-10-8(2-4-20-10)11(16)13(18)19/h2,4-6,11,15H,1,3H2,(H,18,19). The van der Waals surface area contributed by atoms with E-state index in [2.05, 4.69) is 4.98 Å². The fraction of sp³-hybridized carbons (Fsp3) is 0.231. The highest BCUT2D eigenvalue weighted by molar-refractivity contribution is 7.10. The van der Waals surface area contributed by atoms with Crippen LogP contribution in [0.1, 0.15) is 27.0 Å². The van der Waals surface area contributed by atoms with E-state index in [-0.39, 0.29) is 5.91 Å². The number of H-pyrrole nitrogens is 1. The van der Waals surface area contributed by atoms with E-state index in [0.717, 1.165) is 4.88 Å². The van der Waals surface area contributed by atoms with Crippen LogP contribution in [-0.2, 0) is 11.2 Å². The number of halogens is 1. The number of rotatable bonds is 2. The van der Waals surface area contributed by atoms with Crippen LogP contribution in [0.4, 0.5) is 0 Å². The Hall–Kier alpha value is -1.79. The predicted molar refractivity (Wildman–Crippen MR) is 75.2 cm³/mol. The molecule has 2 aromatic heterocycles. The number of aromatic amines is 1. The molecule has 1 amide bonds. The number of nitrogens with one attached hydrogen (secondary N) is 1. The Balaban J connectivity index is 1.97. The Morgan fingerprint density at radius 3 is 2.95 bits per heavy atom. The lowest BCUT2D eigenvalue weighted by atomic mass is 9.99. The average molecular weight is 311 g/mol. The van der Waals surface area contributed by atoms with Crippen LogP contribution in [-0.4, -0.2) is 33.4 Å². The van der Waals surface area contributed by atoms with Crippen molar-refractivity contribution >= 4 is 34.8 Å². The van der Waals surface area contributed by atoms with Crippen molar-refractivity contribution in [3.63, 3.8) is 0 Å². The second kappa shape index (κ2) is 4.96. The van der Waals surface area contributed by atoms with E-state index in [1.165, 1.54) is 28.5 Å². The number of carbonyl (C=O) groups is 2. The van der Waals surface area contributed by atoms with Crippen molar-refractivity contribution in [2.45, 2.75) is 12.5 Å². The Labute approximate surface area is 123 Å². The number of thiophene rings is 1. The third-order valence-electron chi connectivity index (χ3n) is 3.34. The fourth-order valence-corrected chi connectivity index (χ4v) is 3.52. The minimum absolute atomic E-state index is 0.305. The van der Waals surface area contributed by atoms with Crippen molar-refractivity contribution in [1.29, 1.82) is 0 Å². The maximum atomic E-state index is 12.4. The van der Waals surface area contributed by atoms with Gasteiger partial charge in [-0.2, -0.15) is 0 Å². The second-order valence-electron chi connectivity index (χ2n) is 4.52. The summed E-state index contributed by atoms with van der Waals surface area (Å²) in [7, 11) is 0. The number of carbonyl (C=O) groups excluding carboxylic acids is 1. The van der Waals surface area contributed by atoms with Gasteiger partial charge in [0.25, 0.3) is 5.91 Å². The van der Waals surface area contributed by atoms with Gasteiger partial charge >= 0.3 is 5.97 Å². The molecule has 0 fully saturated rings. The maximum absolute atomic E-state index is 12.4. The number of amides is 1. The van der Waals surface area contributed by atoms with Crippen LogP contribution < -0.4 is 0 Å². The molecule has 0 saturated heterocycles. The van der Waals surface area contributed by atoms with E-state index in [9.17, 15) is 14.7 Å². The monoisotopic (exact) mass is 310 g/mol. The van der Waals surface area contributed by atoms with Crippen LogP contribution in [0.25, 0.3) is 0 Å². The molecule has 0 spiro atoms. The van der Waals surface area contributed by atoms with Crippen LogP contribution >= 0.6 is 22.9 Å². The molecule has 0 radical (unpaired) electrons. The number of carboxylic acid groups (broad SMARTS) is 1. The van der Waals surface area contributed by atoms with Gasteiger partial charge in [0.2, 0.25) is 0 Å². The largest absolute Gasteiger partial charge is 0.479 e. The molecule has 5 nitrogen and oxygen atoms in total. The van der Waals surface area contributed by atoms with E-state index in [1.807, 2.05) is 5.38 Å². The highest BCUT2D eigenvalue weighted by atomic mass is 35.5. The van der Waals surface area contributed by atoms with Crippen molar-refractivity contribution < 1.29 is 14.7 Å². The number of carboxylic acids is 1. The first kappa shape index (κ1) is 13.2. The summed E-state index contributed by atoms with van der Waals surface area (Å²) in [4.78, 5) is 29.2. The Morgan fingerprint density at radius 2 is 2.30 bits per heavy atom. The lowest BCUT2D eigenvalue weighted by molar-refractivity contribution is -0.142. The molecular formula is C13H11ClN2O3S. The molecule has 2 N–H and O–H groups in total. The van der Waals surface area contributed by atoms with Crippen molar-refractivity contribution in [2.75, 3.05) is 6.54 Å². The summed E-state index contributed by atoms with van der Waals surface area (Å²) >= 11 is 7.32. The van der Waals surface area contributed by atoms with Gasteiger partial charge in [-0.05, 0) is 29.5 Å². The number of fused-ring (bicyclic) bond motifs is 1. The molecule has 7 heteroatoms. The molecular weight excluding hydrogens is 300 g/mol. The van der Waals surface area contributed by atoms with Crippen molar-refractivity contribution in [3.05, 3.63) is 44.9 Å². The third kappa shape index (κ3) is 2.10. The number of aliphatic carboxylic acids is 1. The summed E-state index contributed by atoms with van der Waals surface area (Å²) in [6, 6.07) is 2.35. The van der Waals surface area contributed by atoms with E-state index in [0.29, 0.717) is 29.2 Å². The van der Waals surface area contributed by atoms with Gasteiger partial charge in [0.15, 0.2) is 6.04 Å². The topological polar surface area (TPSA) is 73.4 Å². The molecule has 3 heterocycles. The molecule has 1 unspecified atom stereocenters. The van der Waals surface area contributed by atoms with E-state index in [4.69, 9.17) is 11.6 Å². The number of nitrogens with zero attached hydrogens (tertiary/aromatic N) is 1. The minimum atomic E-state index is -1.02. The summed E-state index contributed by atoms with van der Waals surface area (Å²) in [6.07, 6.45) is 2.18. The van der Waals surface area contributed by atoms with Gasteiger partial charge in [-0.25, -0.2) is 4.79 Å². The maximum Gasteiger partial charge on any atom is 0.331 e. The van der Waals surface area contributed by atoms with Gasteiger partial charge in [-0.1, -0.05) is 11.6 Å². The van der Waals surface area contributed by atoms with E-state index in [1.54, 1.807) is 6.07 Å². The van der Waals surface area contributed by atoms with Crippen LogP contribution in [0, 0.1) is 0 Å². The molecule has 2 aromatic rings. The molecule has 0 aromatic carbocycles. The predicted octanol–water partition coefficient (Wildman–Crippen LogP) is 2.55. The smallest absolute Gasteiger partial charge is 0.331 e. The lowest BCUT2D eigenvalue weighted by Gasteiger charge is -2.32. The quantitative estimate of drug-likeness (QED) is 0.895. The molecule has 0 saturated carbocycles. The first-order valence-corrected chi connectivity index (χ1v) is 7.27. The molecule has 104 valence electrons. The highest BCUT2D eigenvalue weighted by Crippen LogP contribution is 2.34. The summed E-state index contributed by atoms with van der Waals surface area (Å²) in [6.45, 7) is 0.389. The van der Waals surface area contributed by atoms with Crippen molar-refractivity contribution in [2.24, 2.45) is 0 Å². The zero-order valence-electron chi connectivity index (χ0n) is 10.3. The van der Waals surface area contributed by atoms with Crippen LogP contribution in [0.5, 0.6) is 0 Å². The van der Waals surface area contributed by atoms with Crippen LogP contribution in [0.15, 0.2) is 23.7 Å². The van der Waals surface area contributed by atoms with Gasteiger partial charge in [-0.15, -0.1) is 11.3 Å². The van der Waals surface area contributed by atoms with Crippen molar-refractivity contribution in [3.8, 4) is 0 Å². The van der Waals surface area contributed by atoms with E-state index < -0.39 is 12.0 Å². The SMILES string of the molecule is O=C(O)C1c2ccsc2CCN1C(=O)c1cc(Cl)c[nH]1. The zero-order valence-corrected chi connectivity index (χ0v) is 11.9. The van der Waals surface area contributed by atoms with Crippen molar-refractivity contribution in [1.82, 2.24) is 9.88 Å². The molecule has 1 atom stereocenters. The molecule has 20 heavy (non-hydrogen) atoms. The molecule has 1 aliphatic heterocycles. The first-order chi connectivity index (χ1) is 9.58. The van der Waals surface area contributed by atoms with Gasteiger partial charge in [-0.3, -0.25) is 4.79 Å². The Bertz CT molecular complexity index is 679. The summed E-state index contributed by atoms with van der Waals surface area (Å²) in [5.41, 5.74) is 1.01. The summed E-state index contributed by atoms with van der Waals surface area (Å²) in [5, 5.41) is 11.7. The minimum Gasteiger partial charge on any atom is -0.479 e. The first-order valence-electron chi connectivity index (χ1n) is 6.02. The second-order valence-corrected chi connectivity index (χ2v) is 5.96. The molecule has 0 bridgehead atoms. The van der Waals surface area contributed by atoms with Gasteiger partial charge in [0.1, 0.15) is 5.69 Å². The number of hydrogen-bond acceptors (Lipinski definition) is 3. The van der Waals surface area contributed by atoms with Crippen LogP contribution in [0.3, 0.4) is 0 Å². The van der Waals surface area contributed by atoms with E-state index >= 15 is 0 Å². The normalized spacial score (nSPS) is 17.9. The number of hydrogen-bond donors (Lipinski definition) is 2. The number of aromatic nitrogens is 1. The third-order valence-corrected chi connectivity index (χ3v) is 4.55. The Morgan fingerprint density at radius 1 is 1.50 bits per heavy atom. The lowest BCUT2D eigenvalue weighted by Crippen LogP contribution is -2.43. The van der Waals surface area contributed by atoms with Gasteiger partial charge < -0.3 is 15.0 Å². The van der Waals surface area contributed by atoms with Gasteiger partial charge in [0, 0.05) is 17.6 Å². The van der Waals surface area contributed by atoms with Crippen LogP contribution in [0.2, 0.25) is 5.02 Å². The zero-order chi connectivity index (χ0) is 14.3. The average Bonchev–Trinajstić information content (AvgIpc) is 3.04. The molecule has 3 rings (SSSR count). The Kier molecular flexibility index (Phi) is 3.27. The van der Waals surface area contributed by atoms with Gasteiger partial charge in [0.05, 0.1) is 5.02 Å². The summed E-state index contributed by atoms with van der Waals surface area (Å²) in [5.74, 6) is -1.36. The molecule has 1 aliphatic rings.